The van der Waals surface area contributed by atoms with Crippen molar-refractivity contribution in [3.63, 3.8) is 0 Å². The summed E-state index contributed by atoms with van der Waals surface area (Å²) in [4.78, 5) is 0.331. The Morgan fingerprint density at radius 2 is 1.84 bits per heavy atom. The molecule has 0 aliphatic heterocycles. The first-order valence-electron chi connectivity index (χ1n) is 5.78. The van der Waals surface area contributed by atoms with Gasteiger partial charge in [0.25, 0.3) is 0 Å². The van der Waals surface area contributed by atoms with Gasteiger partial charge in [-0.1, -0.05) is 18.2 Å². The number of fused-ring (bicyclic) bond motifs is 1. The van der Waals surface area contributed by atoms with Gasteiger partial charge >= 0.3 is 0 Å². The van der Waals surface area contributed by atoms with Crippen LogP contribution in [0.1, 0.15) is 0 Å². The molecule has 96 valence electrons. The minimum atomic E-state index is -3.18. The number of benzene rings is 2. The number of aromatic amines is 1. The van der Waals surface area contributed by atoms with Gasteiger partial charge in [0.2, 0.25) is 0 Å². The smallest absolute Gasteiger partial charge is 0.175 e. The molecule has 0 aliphatic carbocycles. The number of nitrogens with zero attached hydrogens (tertiary/aromatic N) is 1. The first-order valence-corrected chi connectivity index (χ1v) is 7.67. The van der Waals surface area contributed by atoms with Crippen molar-refractivity contribution in [1.29, 1.82) is 0 Å². The molecule has 1 N–H and O–H groups in total. The van der Waals surface area contributed by atoms with E-state index in [1.165, 1.54) is 6.26 Å². The second-order valence-corrected chi connectivity index (χ2v) is 6.49. The maximum Gasteiger partial charge on any atom is 0.175 e. The van der Waals surface area contributed by atoms with E-state index in [1.54, 1.807) is 24.4 Å². The van der Waals surface area contributed by atoms with Crippen molar-refractivity contribution in [1.82, 2.24) is 10.2 Å². The van der Waals surface area contributed by atoms with Gasteiger partial charge in [-0.3, -0.25) is 5.10 Å². The van der Waals surface area contributed by atoms with E-state index in [4.69, 9.17) is 0 Å². The summed E-state index contributed by atoms with van der Waals surface area (Å²) in [7, 11) is -3.18. The van der Waals surface area contributed by atoms with Gasteiger partial charge in [-0.2, -0.15) is 5.10 Å². The second kappa shape index (κ2) is 4.20. The zero-order chi connectivity index (χ0) is 13.5. The van der Waals surface area contributed by atoms with Crippen LogP contribution in [-0.2, 0) is 9.84 Å². The third kappa shape index (κ3) is 2.24. The highest BCUT2D eigenvalue weighted by molar-refractivity contribution is 7.90. The molecule has 4 nitrogen and oxygen atoms in total. The Labute approximate surface area is 111 Å². The van der Waals surface area contributed by atoms with E-state index in [1.807, 2.05) is 24.3 Å². The molecule has 0 unspecified atom stereocenters. The molecule has 0 radical (unpaired) electrons. The molecule has 2 aromatic carbocycles. The third-order valence-electron chi connectivity index (χ3n) is 3.04. The summed E-state index contributed by atoms with van der Waals surface area (Å²) >= 11 is 0. The predicted molar refractivity (Wildman–Crippen MR) is 74.6 cm³/mol. The molecule has 0 atom stereocenters. The molecule has 0 bridgehead atoms. The van der Waals surface area contributed by atoms with Crippen molar-refractivity contribution in [3.05, 3.63) is 48.7 Å². The van der Waals surface area contributed by atoms with Crippen molar-refractivity contribution in [2.75, 3.05) is 6.26 Å². The molecule has 0 saturated heterocycles. The lowest BCUT2D eigenvalue weighted by Crippen LogP contribution is -1.96. The highest BCUT2D eigenvalue weighted by atomic mass is 32.2. The van der Waals surface area contributed by atoms with Crippen LogP contribution in [0.15, 0.2) is 53.6 Å². The molecular weight excluding hydrogens is 260 g/mol. The number of hydrogen-bond acceptors (Lipinski definition) is 3. The number of H-pyrrole nitrogens is 1. The van der Waals surface area contributed by atoms with Crippen LogP contribution in [0.5, 0.6) is 0 Å². The maximum atomic E-state index is 11.6. The molecule has 0 amide bonds. The highest BCUT2D eigenvalue weighted by Crippen LogP contribution is 2.25. The Morgan fingerprint density at radius 1 is 1.05 bits per heavy atom. The maximum absolute atomic E-state index is 11.6. The Morgan fingerprint density at radius 3 is 2.63 bits per heavy atom. The number of sulfone groups is 1. The summed E-state index contributed by atoms with van der Waals surface area (Å²) in [5.74, 6) is 0. The Kier molecular flexibility index (Phi) is 2.64. The lowest BCUT2D eigenvalue weighted by Gasteiger charge is -2.04. The van der Waals surface area contributed by atoms with Crippen LogP contribution >= 0.6 is 0 Å². The molecule has 0 saturated carbocycles. The van der Waals surface area contributed by atoms with E-state index in [-0.39, 0.29) is 0 Å². The highest BCUT2D eigenvalue weighted by Gasteiger charge is 2.08. The Balaban J connectivity index is 2.15. The van der Waals surface area contributed by atoms with Crippen molar-refractivity contribution < 1.29 is 8.42 Å². The van der Waals surface area contributed by atoms with Crippen LogP contribution in [0.25, 0.3) is 22.0 Å². The van der Waals surface area contributed by atoms with Crippen LogP contribution < -0.4 is 0 Å². The van der Waals surface area contributed by atoms with Gasteiger partial charge in [0, 0.05) is 11.6 Å². The monoisotopic (exact) mass is 272 g/mol. The predicted octanol–water partition coefficient (Wildman–Crippen LogP) is 2.63. The Bertz CT molecular complexity index is 851. The minimum Gasteiger partial charge on any atom is -0.278 e. The molecule has 3 rings (SSSR count). The van der Waals surface area contributed by atoms with Crippen molar-refractivity contribution >= 4 is 20.7 Å². The first kappa shape index (κ1) is 11.9. The topological polar surface area (TPSA) is 62.8 Å². The summed E-state index contributed by atoms with van der Waals surface area (Å²) in [5, 5.41) is 7.86. The first-order chi connectivity index (χ1) is 9.04. The lowest BCUT2D eigenvalue weighted by atomic mass is 10.0. The summed E-state index contributed by atoms with van der Waals surface area (Å²) < 4.78 is 23.1. The minimum absolute atomic E-state index is 0.331. The SMILES string of the molecule is CS(=O)(=O)c1cccc(-c2ccc3[nH]ncc3c2)c1. The van der Waals surface area contributed by atoms with E-state index in [2.05, 4.69) is 10.2 Å². The van der Waals surface area contributed by atoms with Crippen LogP contribution in [0.2, 0.25) is 0 Å². The fourth-order valence-corrected chi connectivity index (χ4v) is 2.70. The molecule has 0 spiro atoms. The molecule has 0 fully saturated rings. The summed E-state index contributed by atoms with van der Waals surface area (Å²) in [6, 6.07) is 12.8. The number of rotatable bonds is 2. The quantitative estimate of drug-likeness (QED) is 0.780. The molecule has 19 heavy (non-hydrogen) atoms. The number of nitrogens with one attached hydrogen (secondary N) is 1. The molecule has 5 heteroatoms. The fourth-order valence-electron chi connectivity index (χ4n) is 2.03. The average molecular weight is 272 g/mol. The third-order valence-corrected chi connectivity index (χ3v) is 4.15. The van der Waals surface area contributed by atoms with Gasteiger partial charge < -0.3 is 0 Å². The van der Waals surface area contributed by atoms with E-state index < -0.39 is 9.84 Å². The largest absolute Gasteiger partial charge is 0.278 e. The normalized spacial score (nSPS) is 11.8. The van der Waals surface area contributed by atoms with Crippen LogP contribution in [0.3, 0.4) is 0 Å². The van der Waals surface area contributed by atoms with Crippen LogP contribution in [0.4, 0.5) is 0 Å². The van der Waals surface area contributed by atoms with E-state index in [9.17, 15) is 8.42 Å². The van der Waals surface area contributed by atoms with E-state index in [0.29, 0.717) is 4.90 Å². The average Bonchev–Trinajstić information content (AvgIpc) is 2.85. The lowest BCUT2D eigenvalue weighted by molar-refractivity contribution is 0.602. The Hall–Kier alpha value is -2.14. The number of hydrogen-bond donors (Lipinski definition) is 1. The number of aromatic nitrogens is 2. The van der Waals surface area contributed by atoms with Crippen LogP contribution in [-0.4, -0.2) is 24.9 Å². The molecule has 1 heterocycles. The van der Waals surface area contributed by atoms with Gasteiger partial charge in [-0.05, 0) is 35.4 Å². The van der Waals surface area contributed by atoms with E-state index in [0.717, 1.165) is 22.0 Å². The second-order valence-electron chi connectivity index (χ2n) is 4.47. The van der Waals surface area contributed by atoms with Crippen molar-refractivity contribution in [3.8, 4) is 11.1 Å². The van der Waals surface area contributed by atoms with Crippen molar-refractivity contribution in [2.45, 2.75) is 4.90 Å². The molecule has 1 aromatic heterocycles. The fraction of sp³-hybridized carbons (Fsp3) is 0.0714. The van der Waals surface area contributed by atoms with Gasteiger partial charge in [-0.25, -0.2) is 8.42 Å². The molecule has 3 aromatic rings. The standard InChI is InChI=1S/C14H12N2O2S/c1-19(17,18)13-4-2-3-10(8-13)11-5-6-14-12(7-11)9-15-16-14/h2-9H,1H3,(H,15,16). The van der Waals surface area contributed by atoms with Gasteiger partial charge in [-0.15, -0.1) is 0 Å². The zero-order valence-corrected chi connectivity index (χ0v) is 11.1. The van der Waals surface area contributed by atoms with Gasteiger partial charge in [0.05, 0.1) is 16.6 Å². The molecular formula is C14H12N2O2S. The summed E-state index contributed by atoms with van der Waals surface area (Å²) in [5.41, 5.74) is 2.81. The van der Waals surface area contributed by atoms with Gasteiger partial charge in [0.15, 0.2) is 9.84 Å². The summed E-state index contributed by atoms with van der Waals surface area (Å²) in [6.45, 7) is 0. The van der Waals surface area contributed by atoms with Crippen LogP contribution in [0, 0.1) is 0 Å². The molecule has 0 aliphatic rings. The summed E-state index contributed by atoms with van der Waals surface area (Å²) in [6.07, 6.45) is 2.96. The van der Waals surface area contributed by atoms with E-state index >= 15 is 0 Å². The van der Waals surface area contributed by atoms with Crippen molar-refractivity contribution in [2.24, 2.45) is 0 Å². The van der Waals surface area contributed by atoms with Gasteiger partial charge in [0.1, 0.15) is 0 Å². The zero-order valence-electron chi connectivity index (χ0n) is 10.3.